The molecule has 0 aliphatic rings. The Morgan fingerprint density at radius 3 is 1.48 bits per heavy atom. The number of anilines is 4. The Bertz CT molecular complexity index is 855. The summed E-state index contributed by atoms with van der Waals surface area (Å²) in [4.78, 5) is 14.2. The van der Waals surface area contributed by atoms with Crippen molar-refractivity contribution in [1.29, 1.82) is 0 Å². The van der Waals surface area contributed by atoms with Crippen LogP contribution in [0.4, 0.5) is 23.3 Å². The van der Waals surface area contributed by atoms with E-state index in [0.717, 1.165) is 22.9 Å². The van der Waals surface area contributed by atoms with Crippen LogP contribution in [0.5, 0.6) is 11.5 Å². The number of imidazole rings is 2. The molecule has 0 saturated heterocycles. The van der Waals surface area contributed by atoms with E-state index in [4.69, 9.17) is 9.47 Å². The van der Waals surface area contributed by atoms with Gasteiger partial charge in [-0.2, -0.15) is 0 Å². The van der Waals surface area contributed by atoms with Crippen LogP contribution in [0.15, 0.2) is 73.3 Å². The fraction of sp³-hybridized carbons (Fsp3) is 0.0526. The molecule has 2 heterocycles. The monoisotopic (exact) mass is 362 g/mol. The Balaban J connectivity index is 1.24. The molecule has 0 amide bonds. The molecule has 136 valence electrons. The number of ether oxygens (including phenoxy) is 2. The number of aromatic nitrogens is 4. The first-order valence-electron chi connectivity index (χ1n) is 8.34. The Labute approximate surface area is 155 Å². The predicted octanol–water partition coefficient (Wildman–Crippen LogP) is 4.04. The van der Waals surface area contributed by atoms with Gasteiger partial charge in [0.25, 0.3) is 0 Å². The SMILES string of the molecule is c1c[nH]c(Nc2ccc(OCOc3ccc(Nc4ncc[nH]4)cc3)cc2)n1. The number of aromatic amines is 2. The van der Waals surface area contributed by atoms with E-state index < -0.39 is 0 Å². The topological polar surface area (TPSA) is 99.9 Å². The molecule has 27 heavy (non-hydrogen) atoms. The molecule has 8 nitrogen and oxygen atoms in total. The highest BCUT2D eigenvalue weighted by Crippen LogP contribution is 2.20. The minimum Gasteiger partial charge on any atom is -0.458 e. The zero-order valence-corrected chi connectivity index (χ0v) is 14.3. The molecule has 4 N–H and O–H groups in total. The van der Waals surface area contributed by atoms with Crippen LogP contribution in [-0.2, 0) is 0 Å². The Hall–Kier alpha value is -3.94. The van der Waals surface area contributed by atoms with Gasteiger partial charge < -0.3 is 30.1 Å². The predicted molar refractivity (Wildman–Crippen MR) is 103 cm³/mol. The van der Waals surface area contributed by atoms with Crippen molar-refractivity contribution in [2.24, 2.45) is 0 Å². The summed E-state index contributed by atoms with van der Waals surface area (Å²) in [5.41, 5.74) is 1.83. The molecule has 0 atom stereocenters. The summed E-state index contributed by atoms with van der Waals surface area (Å²) in [5, 5.41) is 6.30. The lowest BCUT2D eigenvalue weighted by Crippen LogP contribution is -2.05. The van der Waals surface area contributed by atoms with Crippen LogP contribution >= 0.6 is 0 Å². The minimum absolute atomic E-state index is 0.121. The maximum Gasteiger partial charge on any atom is 0.230 e. The Morgan fingerprint density at radius 1 is 0.667 bits per heavy atom. The van der Waals surface area contributed by atoms with Crippen LogP contribution in [0.1, 0.15) is 0 Å². The maximum absolute atomic E-state index is 5.61. The minimum atomic E-state index is 0.121. The normalized spacial score (nSPS) is 10.4. The Morgan fingerprint density at radius 2 is 1.11 bits per heavy atom. The number of hydrogen-bond acceptors (Lipinski definition) is 6. The summed E-state index contributed by atoms with van der Waals surface area (Å²) in [6.45, 7) is 0.121. The number of H-pyrrole nitrogens is 2. The zero-order valence-electron chi connectivity index (χ0n) is 14.3. The lowest BCUT2D eigenvalue weighted by atomic mass is 10.3. The summed E-state index contributed by atoms with van der Waals surface area (Å²) in [5.74, 6) is 2.82. The van der Waals surface area contributed by atoms with E-state index in [1.54, 1.807) is 24.8 Å². The first-order chi connectivity index (χ1) is 13.3. The van der Waals surface area contributed by atoms with Gasteiger partial charge in [-0.15, -0.1) is 0 Å². The van der Waals surface area contributed by atoms with E-state index in [1.807, 2.05) is 48.5 Å². The summed E-state index contributed by atoms with van der Waals surface area (Å²) < 4.78 is 11.2. The van der Waals surface area contributed by atoms with E-state index >= 15 is 0 Å². The molecular weight excluding hydrogens is 344 g/mol. The van der Waals surface area contributed by atoms with Crippen molar-refractivity contribution in [2.45, 2.75) is 0 Å². The van der Waals surface area contributed by atoms with Crippen molar-refractivity contribution in [3.63, 3.8) is 0 Å². The molecule has 0 unspecified atom stereocenters. The molecule has 2 aromatic carbocycles. The number of rotatable bonds is 8. The van der Waals surface area contributed by atoms with Gasteiger partial charge in [-0.1, -0.05) is 0 Å². The summed E-state index contributed by atoms with van der Waals surface area (Å²) >= 11 is 0. The van der Waals surface area contributed by atoms with Crippen LogP contribution in [0.2, 0.25) is 0 Å². The lowest BCUT2D eigenvalue weighted by Gasteiger charge is -2.10. The average molecular weight is 362 g/mol. The van der Waals surface area contributed by atoms with Gasteiger partial charge in [-0.3, -0.25) is 0 Å². The second-order valence-corrected chi connectivity index (χ2v) is 5.58. The Kier molecular flexibility index (Phi) is 4.87. The third kappa shape index (κ3) is 4.57. The highest BCUT2D eigenvalue weighted by atomic mass is 16.7. The van der Waals surface area contributed by atoms with Crippen molar-refractivity contribution in [1.82, 2.24) is 19.9 Å². The van der Waals surface area contributed by atoms with E-state index in [0.29, 0.717) is 11.9 Å². The molecule has 0 aliphatic carbocycles. The molecule has 0 bridgehead atoms. The van der Waals surface area contributed by atoms with Gasteiger partial charge in [0.15, 0.2) is 0 Å². The van der Waals surface area contributed by atoms with Gasteiger partial charge >= 0.3 is 0 Å². The fourth-order valence-electron chi connectivity index (χ4n) is 2.38. The van der Waals surface area contributed by atoms with Crippen molar-refractivity contribution < 1.29 is 9.47 Å². The van der Waals surface area contributed by atoms with E-state index in [-0.39, 0.29) is 6.79 Å². The molecule has 0 radical (unpaired) electrons. The largest absolute Gasteiger partial charge is 0.458 e. The van der Waals surface area contributed by atoms with Crippen LogP contribution in [0.3, 0.4) is 0 Å². The quantitative estimate of drug-likeness (QED) is 0.353. The molecule has 2 aromatic heterocycles. The third-order valence-electron chi connectivity index (χ3n) is 3.68. The van der Waals surface area contributed by atoms with Gasteiger partial charge in [-0.05, 0) is 48.5 Å². The zero-order chi connectivity index (χ0) is 18.3. The lowest BCUT2D eigenvalue weighted by molar-refractivity contribution is 0.120. The number of nitrogens with one attached hydrogen (secondary N) is 4. The average Bonchev–Trinajstić information content (AvgIpc) is 3.39. The van der Waals surface area contributed by atoms with E-state index in [9.17, 15) is 0 Å². The van der Waals surface area contributed by atoms with Crippen LogP contribution in [-0.4, -0.2) is 26.7 Å². The standard InChI is InChI=1S/C19H18N6O2/c1-5-16(6-2-14(1)24-18-20-9-10-21-18)26-13-27-17-7-3-15(4-8-17)25-19-22-11-12-23-19/h1-12H,13H2,(H2,20,21,24)(H2,22,23,25). The van der Waals surface area contributed by atoms with Gasteiger partial charge in [0.05, 0.1) is 0 Å². The van der Waals surface area contributed by atoms with Crippen LogP contribution in [0, 0.1) is 0 Å². The molecule has 0 spiro atoms. The highest BCUT2D eigenvalue weighted by molar-refractivity contribution is 5.55. The summed E-state index contributed by atoms with van der Waals surface area (Å²) in [7, 11) is 0. The molecule has 4 aromatic rings. The first kappa shape index (κ1) is 16.5. The second-order valence-electron chi connectivity index (χ2n) is 5.58. The smallest absolute Gasteiger partial charge is 0.230 e. The molecule has 4 rings (SSSR count). The molecule has 0 fully saturated rings. The summed E-state index contributed by atoms with van der Waals surface area (Å²) in [6, 6.07) is 15.1. The fourth-order valence-corrected chi connectivity index (χ4v) is 2.38. The first-order valence-corrected chi connectivity index (χ1v) is 8.34. The maximum atomic E-state index is 5.61. The van der Waals surface area contributed by atoms with Gasteiger partial charge in [-0.25, -0.2) is 9.97 Å². The highest BCUT2D eigenvalue weighted by Gasteiger charge is 2.00. The summed E-state index contributed by atoms with van der Waals surface area (Å²) in [6.07, 6.45) is 6.90. The number of benzene rings is 2. The molecule has 0 saturated carbocycles. The number of nitrogens with zero attached hydrogens (tertiary/aromatic N) is 2. The van der Waals surface area contributed by atoms with E-state index in [1.165, 1.54) is 0 Å². The molecule has 8 heteroatoms. The van der Waals surface area contributed by atoms with Crippen molar-refractivity contribution >= 4 is 23.3 Å². The van der Waals surface area contributed by atoms with Crippen molar-refractivity contribution in [2.75, 3.05) is 17.4 Å². The molecule has 0 aliphatic heterocycles. The van der Waals surface area contributed by atoms with Gasteiger partial charge in [0, 0.05) is 36.2 Å². The second kappa shape index (κ2) is 7.96. The van der Waals surface area contributed by atoms with E-state index in [2.05, 4.69) is 30.6 Å². The molecular formula is C19H18N6O2. The van der Waals surface area contributed by atoms with Crippen molar-refractivity contribution in [3.05, 3.63) is 73.3 Å². The van der Waals surface area contributed by atoms with Crippen LogP contribution < -0.4 is 20.1 Å². The van der Waals surface area contributed by atoms with Gasteiger partial charge in [0.1, 0.15) is 11.5 Å². The van der Waals surface area contributed by atoms with Crippen LogP contribution in [0.25, 0.3) is 0 Å². The van der Waals surface area contributed by atoms with Gasteiger partial charge in [0.2, 0.25) is 18.7 Å². The third-order valence-corrected chi connectivity index (χ3v) is 3.68. The number of hydrogen-bond donors (Lipinski definition) is 4. The van der Waals surface area contributed by atoms with Crippen molar-refractivity contribution in [3.8, 4) is 11.5 Å².